The van der Waals surface area contributed by atoms with Gasteiger partial charge < -0.3 is 10.4 Å². The van der Waals surface area contributed by atoms with Crippen LogP contribution in [0, 0.1) is 0 Å². The molecule has 0 saturated carbocycles. The van der Waals surface area contributed by atoms with Crippen LogP contribution in [-0.4, -0.2) is 17.6 Å². The van der Waals surface area contributed by atoms with Gasteiger partial charge in [0, 0.05) is 19.6 Å². The third-order valence-corrected chi connectivity index (χ3v) is 5.55. The van der Waals surface area contributed by atoms with Crippen LogP contribution in [0.15, 0.2) is 59.1 Å². The smallest absolute Gasteiger partial charge is 0.251 e. The van der Waals surface area contributed by atoms with Crippen LogP contribution in [0.5, 0.6) is 0 Å². The molecule has 1 amide bonds. The van der Waals surface area contributed by atoms with Crippen molar-refractivity contribution in [1.29, 1.82) is 0 Å². The fourth-order valence-corrected chi connectivity index (χ4v) is 3.66. The Kier molecular flexibility index (Phi) is 4.53. The summed E-state index contributed by atoms with van der Waals surface area (Å²) in [5, 5.41) is 14.6. The molecule has 118 valence electrons. The number of aliphatic hydroxyl groups is 1. The second-order valence-corrected chi connectivity index (χ2v) is 7.61. The molecule has 1 heterocycles. The van der Waals surface area contributed by atoms with E-state index in [1.807, 2.05) is 42.5 Å². The van der Waals surface area contributed by atoms with E-state index in [2.05, 4.69) is 21.2 Å². The van der Waals surface area contributed by atoms with E-state index >= 15 is 0 Å². The zero-order valence-electron chi connectivity index (χ0n) is 12.5. The van der Waals surface area contributed by atoms with Crippen LogP contribution in [-0.2, 0) is 5.60 Å². The Morgan fingerprint density at radius 1 is 1.22 bits per heavy atom. The molecule has 0 aliphatic heterocycles. The first-order valence-electron chi connectivity index (χ1n) is 7.21. The molecule has 2 N–H and O–H groups in total. The van der Waals surface area contributed by atoms with Gasteiger partial charge in [-0.2, -0.15) is 0 Å². The van der Waals surface area contributed by atoms with E-state index < -0.39 is 5.60 Å². The summed E-state index contributed by atoms with van der Waals surface area (Å²) in [7, 11) is 0. The van der Waals surface area contributed by atoms with Gasteiger partial charge in [0.2, 0.25) is 0 Å². The molecule has 0 saturated heterocycles. The van der Waals surface area contributed by atoms with Gasteiger partial charge in [0.15, 0.2) is 0 Å². The van der Waals surface area contributed by atoms with Crippen molar-refractivity contribution in [3.05, 3.63) is 69.5 Å². The number of rotatable bonds is 4. The number of halogens is 1. The number of amides is 1. The number of nitrogens with one attached hydrogen (secondary N) is 1. The Morgan fingerprint density at radius 3 is 2.61 bits per heavy atom. The normalized spacial score (nSPS) is 13.7. The van der Waals surface area contributed by atoms with Crippen LogP contribution in [0.4, 0.5) is 0 Å². The summed E-state index contributed by atoms with van der Waals surface area (Å²) < 4.78 is 2.05. The summed E-state index contributed by atoms with van der Waals surface area (Å²) in [5.41, 5.74) is -0.533. The molecule has 1 unspecified atom stereocenters. The van der Waals surface area contributed by atoms with Gasteiger partial charge in [0.25, 0.3) is 5.91 Å². The molecule has 1 aromatic heterocycles. The van der Waals surface area contributed by atoms with Crippen LogP contribution < -0.4 is 5.32 Å². The van der Waals surface area contributed by atoms with Crippen molar-refractivity contribution in [1.82, 2.24) is 5.32 Å². The molecule has 0 aliphatic rings. The Hall–Kier alpha value is -1.69. The molecule has 0 fully saturated rings. The molecule has 0 aliphatic carbocycles. The summed E-state index contributed by atoms with van der Waals surface area (Å²) in [5.74, 6) is -0.195. The molecule has 2 aromatic carbocycles. The van der Waals surface area contributed by atoms with Crippen LogP contribution >= 0.6 is 27.3 Å². The predicted molar refractivity (Wildman–Crippen MR) is 97.9 cm³/mol. The fourth-order valence-electron chi connectivity index (χ4n) is 2.29. The molecule has 23 heavy (non-hydrogen) atoms. The number of benzene rings is 2. The molecule has 5 heteroatoms. The quantitative estimate of drug-likeness (QED) is 0.698. The van der Waals surface area contributed by atoms with E-state index in [1.54, 1.807) is 30.4 Å². The molecule has 0 bridgehead atoms. The lowest BCUT2D eigenvalue weighted by Gasteiger charge is -2.22. The minimum atomic E-state index is -1.10. The number of hydrogen-bond donors (Lipinski definition) is 2. The lowest BCUT2D eigenvalue weighted by atomic mass is 10.0. The molecule has 3 rings (SSSR count). The maximum atomic E-state index is 12.2. The first-order valence-corrected chi connectivity index (χ1v) is 8.82. The molecule has 1 atom stereocenters. The highest BCUT2D eigenvalue weighted by Gasteiger charge is 2.26. The van der Waals surface area contributed by atoms with Gasteiger partial charge in [0.1, 0.15) is 5.60 Å². The van der Waals surface area contributed by atoms with Crippen molar-refractivity contribution >= 4 is 43.3 Å². The molecule has 0 spiro atoms. The minimum Gasteiger partial charge on any atom is -0.383 e. The van der Waals surface area contributed by atoms with Crippen LogP contribution in [0.3, 0.4) is 0 Å². The summed E-state index contributed by atoms with van der Waals surface area (Å²) in [6.07, 6.45) is 0. The van der Waals surface area contributed by atoms with Gasteiger partial charge in [-0.3, -0.25) is 4.79 Å². The second kappa shape index (κ2) is 6.43. The van der Waals surface area contributed by atoms with Crippen molar-refractivity contribution in [3.63, 3.8) is 0 Å². The van der Waals surface area contributed by atoms with Crippen molar-refractivity contribution in [3.8, 4) is 0 Å². The van der Waals surface area contributed by atoms with Gasteiger partial charge in [-0.1, -0.05) is 34.1 Å². The maximum absolute atomic E-state index is 12.2. The SMILES string of the molecule is CC(O)(CNC(=O)c1ccc(Br)cc1)c1cc2ccccc2s1. The first-order chi connectivity index (χ1) is 11.0. The maximum Gasteiger partial charge on any atom is 0.251 e. The summed E-state index contributed by atoms with van der Waals surface area (Å²) in [6, 6.07) is 17.1. The van der Waals surface area contributed by atoms with Gasteiger partial charge in [-0.15, -0.1) is 11.3 Å². The van der Waals surface area contributed by atoms with Gasteiger partial charge >= 0.3 is 0 Å². The van der Waals surface area contributed by atoms with E-state index in [1.165, 1.54) is 0 Å². The second-order valence-electron chi connectivity index (χ2n) is 5.61. The number of hydrogen-bond acceptors (Lipinski definition) is 3. The molecular weight excluding hydrogens is 374 g/mol. The Morgan fingerprint density at radius 2 is 1.91 bits per heavy atom. The Labute approximate surface area is 147 Å². The fraction of sp³-hybridized carbons (Fsp3) is 0.167. The Bertz CT molecular complexity index is 807. The average Bonchev–Trinajstić information content (AvgIpc) is 2.98. The zero-order chi connectivity index (χ0) is 16.4. The van der Waals surface area contributed by atoms with E-state index in [-0.39, 0.29) is 12.5 Å². The highest BCUT2D eigenvalue weighted by atomic mass is 79.9. The third kappa shape index (κ3) is 3.63. The number of carbonyl (C=O) groups excluding carboxylic acids is 1. The summed E-state index contributed by atoms with van der Waals surface area (Å²) >= 11 is 4.89. The number of fused-ring (bicyclic) bond motifs is 1. The topological polar surface area (TPSA) is 49.3 Å². The van der Waals surface area contributed by atoms with E-state index in [0.29, 0.717) is 5.56 Å². The molecule has 0 radical (unpaired) electrons. The lowest BCUT2D eigenvalue weighted by molar-refractivity contribution is 0.0557. The highest BCUT2D eigenvalue weighted by molar-refractivity contribution is 9.10. The van der Waals surface area contributed by atoms with Crippen LogP contribution in [0.25, 0.3) is 10.1 Å². The predicted octanol–water partition coefficient (Wildman–Crippen LogP) is 4.30. The first kappa shape index (κ1) is 16.2. The molecular formula is C18H16BrNO2S. The number of carbonyl (C=O) groups is 1. The van der Waals surface area contributed by atoms with E-state index in [4.69, 9.17) is 0 Å². The largest absolute Gasteiger partial charge is 0.383 e. The standard InChI is InChI=1S/C18H16BrNO2S/c1-18(22,16-10-13-4-2-3-5-15(13)23-16)11-20-17(21)12-6-8-14(19)9-7-12/h2-10,22H,11H2,1H3,(H,20,21). The molecule has 3 aromatic rings. The summed E-state index contributed by atoms with van der Waals surface area (Å²) in [6.45, 7) is 1.88. The van der Waals surface area contributed by atoms with Gasteiger partial charge in [0.05, 0.1) is 6.54 Å². The van der Waals surface area contributed by atoms with Crippen molar-refractivity contribution in [2.24, 2.45) is 0 Å². The third-order valence-electron chi connectivity index (χ3n) is 3.66. The lowest BCUT2D eigenvalue weighted by Crippen LogP contribution is -2.38. The van der Waals surface area contributed by atoms with Crippen LogP contribution in [0.1, 0.15) is 22.2 Å². The van der Waals surface area contributed by atoms with Crippen molar-refractivity contribution < 1.29 is 9.90 Å². The summed E-state index contributed by atoms with van der Waals surface area (Å²) in [4.78, 5) is 13.0. The van der Waals surface area contributed by atoms with Crippen LogP contribution in [0.2, 0.25) is 0 Å². The van der Waals surface area contributed by atoms with Gasteiger partial charge in [-0.25, -0.2) is 0 Å². The minimum absolute atomic E-state index is 0.161. The van der Waals surface area contributed by atoms with E-state index in [9.17, 15) is 9.90 Å². The van der Waals surface area contributed by atoms with E-state index in [0.717, 1.165) is 19.4 Å². The monoisotopic (exact) mass is 389 g/mol. The van der Waals surface area contributed by atoms with Gasteiger partial charge in [-0.05, 0) is 48.7 Å². The van der Waals surface area contributed by atoms with Crippen molar-refractivity contribution in [2.75, 3.05) is 6.54 Å². The zero-order valence-corrected chi connectivity index (χ0v) is 14.9. The van der Waals surface area contributed by atoms with Crippen molar-refractivity contribution in [2.45, 2.75) is 12.5 Å². The average molecular weight is 390 g/mol. The molecule has 3 nitrogen and oxygen atoms in total. The Balaban J connectivity index is 1.73. The highest BCUT2D eigenvalue weighted by Crippen LogP contribution is 2.32. The number of thiophene rings is 1.